The molecule has 0 aliphatic carbocycles. The highest BCUT2D eigenvalue weighted by Gasteiger charge is 2.09. The molecule has 0 spiro atoms. The zero-order chi connectivity index (χ0) is 16.8. The number of nitrogens with one attached hydrogen (secondary N) is 3. The molecular weight excluding hydrogens is 308 g/mol. The van der Waals surface area contributed by atoms with Gasteiger partial charge in [-0.05, 0) is 24.3 Å². The van der Waals surface area contributed by atoms with E-state index in [4.69, 9.17) is 4.74 Å². The molecule has 0 aliphatic heterocycles. The number of rotatable bonds is 5. The molecule has 2 heterocycles. The first-order valence-corrected chi connectivity index (χ1v) is 7.26. The number of H-pyrrole nitrogens is 1. The van der Waals surface area contributed by atoms with Gasteiger partial charge < -0.3 is 15.4 Å². The molecule has 0 unspecified atom stereocenters. The van der Waals surface area contributed by atoms with Gasteiger partial charge in [0.2, 0.25) is 0 Å². The van der Waals surface area contributed by atoms with Gasteiger partial charge in [-0.15, -0.1) is 0 Å². The van der Waals surface area contributed by atoms with Gasteiger partial charge in [0.1, 0.15) is 11.6 Å². The summed E-state index contributed by atoms with van der Waals surface area (Å²) >= 11 is 0. The summed E-state index contributed by atoms with van der Waals surface area (Å²) in [5.74, 6) is 1.67. The minimum Gasteiger partial charge on any atom is -0.495 e. The van der Waals surface area contributed by atoms with Gasteiger partial charge in [-0.1, -0.05) is 12.1 Å². The Balaban J connectivity index is 1.58. The number of anilines is 1. The van der Waals surface area contributed by atoms with Crippen LogP contribution in [0.5, 0.6) is 5.75 Å². The Hall–Kier alpha value is -3.42. The monoisotopic (exact) mass is 324 g/mol. The topological polar surface area (TPSA) is 105 Å². The minimum atomic E-state index is -0.362. The van der Waals surface area contributed by atoms with Crippen LogP contribution in [0.15, 0.2) is 48.8 Å². The van der Waals surface area contributed by atoms with Gasteiger partial charge in [0.05, 0.1) is 19.3 Å². The maximum atomic E-state index is 12.0. The van der Waals surface area contributed by atoms with Crippen molar-refractivity contribution in [2.75, 3.05) is 12.4 Å². The fraction of sp³-hybridized carbons (Fsp3) is 0.125. The number of pyridine rings is 1. The number of hydrogen-bond donors (Lipinski definition) is 3. The van der Waals surface area contributed by atoms with Gasteiger partial charge in [0.25, 0.3) is 0 Å². The van der Waals surface area contributed by atoms with E-state index in [-0.39, 0.29) is 12.6 Å². The van der Waals surface area contributed by atoms with E-state index >= 15 is 0 Å². The highest BCUT2D eigenvalue weighted by Crippen LogP contribution is 2.22. The molecule has 8 nitrogen and oxygen atoms in total. The van der Waals surface area contributed by atoms with E-state index in [1.54, 1.807) is 31.6 Å². The van der Waals surface area contributed by atoms with E-state index < -0.39 is 0 Å². The number of carbonyl (C=O) groups excluding carboxylic acids is 1. The zero-order valence-electron chi connectivity index (χ0n) is 13.0. The summed E-state index contributed by atoms with van der Waals surface area (Å²) in [7, 11) is 1.55. The fourth-order valence-corrected chi connectivity index (χ4v) is 2.08. The summed E-state index contributed by atoms with van der Waals surface area (Å²) in [6.07, 6.45) is 3.36. The third-order valence-electron chi connectivity index (χ3n) is 3.22. The molecule has 1 aromatic carbocycles. The van der Waals surface area contributed by atoms with E-state index in [9.17, 15) is 4.79 Å². The number of hydrogen-bond acceptors (Lipinski definition) is 5. The number of benzene rings is 1. The Labute approximate surface area is 138 Å². The Kier molecular flexibility index (Phi) is 4.66. The third kappa shape index (κ3) is 3.67. The zero-order valence-corrected chi connectivity index (χ0v) is 13.0. The van der Waals surface area contributed by atoms with E-state index in [0.717, 1.165) is 5.56 Å². The molecule has 2 amide bonds. The summed E-state index contributed by atoms with van der Waals surface area (Å²) in [6.45, 7) is 0.217. The molecule has 2 aromatic heterocycles. The van der Waals surface area contributed by atoms with Crippen LogP contribution in [-0.4, -0.2) is 33.3 Å². The fourth-order valence-electron chi connectivity index (χ4n) is 2.08. The number of aromatic nitrogens is 4. The molecule has 0 saturated heterocycles. The molecule has 3 rings (SSSR count). The van der Waals surface area contributed by atoms with Crippen LogP contribution < -0.4 is 15.4 Å². The quantitative estimate of drug-likeness (QED) is 0.667. The van der Waals surface area contributed by atoms with Crippen LogP contribution in [0.4, 0.5) is 10.5 Å². The van der Waals surface area contributed by atoms with Crippen molar-refractivity contribution in [2.45, 2.75) is 6.54 Å². The Bertz CT molecular complexity index is 818. The molecular formula is C16H16N6O2. The van der Waals surface area contributed by atoms with Gasteiger partial charge in [-0.2, -0.15) is 5.10 Å². The third-order valence-corrected chi connectivity index (χ3v) is 3.22. The summed E-state index contributed by atoms with van der Waals surface area (Å²) in [5, 5.41) is 12.3. The van der Waals surface area contributed by atoms with Gasteiger partial charge in [-0.3, -0.25) is 10.1 Å². The second-order valence-electron chi connectivity index (χ2n) is 4.86. The predicted molar refractivity (Wildman–Crippen MR) is 88.5 cm³/mol. The molecule has 0 radical (unpaired) electrons. The number of methoxy groups -OCH3 is 1. The summed E-state index contributed by atoms with van der Waals surface area (Å²) in [5.41, 5.74) is 1.39. The second-order valence-corrected chi connectivity index (χ2v) is 4.86. The average molecular weight is 324 g/mol. The number of urea groups is 1. The molecule has 24 heavy (non-hydrogen) atoms. The minimum absolute atomic E-state index is 0.217. The maximum absolute atomic E-state index is 12.0. The van der Waals surface area contributed by atoms with Crippen LogP contribution in [0, 0.1) is 0 Å². The number of para-hydroxylation sites is 2. The molecule has 3 aromatic rings. The van der Waals surface area contributed by atoms with E-state index in [1.807, 2.05) is 24.3 Å². The van der Waals surface area contributed by atoms with Crippen molar-refractivity contribution in [3.63, 3.8) is 0 Å². The lowest BCUT2D eigenvalue weighted by Crippen LogP contribution is -2.28. The highest BCUT2D eigenvalue weighted by molar-refractivity contribution is 5.90. The Morgan fingerprint density at radius 2 is 2.12 bits per heavy atom. The first-order chi connectivity index (χ1) is 11.8. The second kappa shape index (κ2) is 7.23. The number of nitrogens with zero attached hydrogens (tertiary/aromatic N) is 3. The van der Waals surface area contributed by atoms with Crippen LogP contribution in [0.1, 0.15) is 5.82 Å². The van der Waals surface area contributed by atoms with Crippen molar-refractivity contribution >= 4 is 11.7 Å². The number of carbonyl (C=O) groups is 1. The van der Waals surface area contributed by atoms with E-state index in [2.05, 4.69) is 30.8 Å². The Morgan fingerprint density at radius 1 is 1.25 bits per heavy atom. The van der Waals surface area contributed by atoms with Gasteiger partial charge >= 0.3 is 6.03 Å². The van der Waals surface area contributed by atoms with Crippen LogP contribution >= 0.6 is 0 Å². The van der Waals surface area contributed by atoms with Gasteiger partial charge in [0.15, 0.2) is 5.82 Å². The predicted octanol–water partition coefficient (Wildman–Crippen LogP) is 2.20. The molecule has 3 N–H and O–H groups in total. The molecule has 0 saturated carbocycles. The van der Waals surface area contributed by atoms with Crippen molar-refractivity contribution in [3.05, 3.63) is 54.6 Å². The highest BCUT2D eigenvalue weighted by atomic mass is 16.5. The normalized spacial score (nSPS) is 10.2. The van der Waals surface area contributed by atoms with Crippen LogP contribution in [0.2, 0.25) is 0 Å². The van der Waals surface area contributed by atoms with E-state index in [1.165, 1.54) is 0 Å². The van der Waals surface area contributed by atoms with Crippen molar-refractivity contribution in [3.8, 4) is 17.1 Å². The summed E-state index contributed by atoms with van der Waals surface area (Å²) < 4.78 is 5.18. The first kappa shape index (κ1) is 15.5. The van der Waals surface area contributed by atoms with Crippen molar-refractivity contribution < 1.29 is 9.53 Å². The largest absolute Gasteiger partial charge is 0.495 e. The van der Waals surface area contributed by atoms with Crippen molar-refractivity contribution in [1.29, 1.82) is 0 Å². The molecule has 0 atom stereocenters. The average Bonchev–Trinajstić information content (AvgIpc) is 3.10. The van der Waals surface area contributed by atoms with Gasteiger partial charge in [-0.25, -0.2) is 9.78 Å². The molecule has 0 fully saturated rings. The van der Waals surface area contributed by atoms with Crippen molar-refractivity contribution in [2.24, 2.45) is 0 Å². The van der Waals surface area contributed by atoms with E-state index in [0.29, 0.717) is 23.1 Å². The molecule has 0 aliphatic rings. The first-order valence-electron chi connectivity index (χ1n) is 7.26. The number of amides is 2. The lowest BCUT2D eigenvalue weighted by molar-refractivity contribution is 0.251. The maximum Gasteiger partial charge on any atom is 0.319 e. The standard InChI is InChI=1S/C16H16N6O2/c1-24-13-7-3-2-6-12(13)19-16(23)18-10-14-20-15(22-21-14)11-5-4-8-17-9-11/h2-9H,10H2,1H3,(H2,18,19,23)(H,20,21,22). The molecule has 8 heteroatoms. The van der Waals surface area contributed by atoms with Crippen LogP contribution in [0.3, 0.4) is 0 Å². The number of aromatic amines is 1. The van der Waals surface area contributed by atoms with Crippen molar-refractivity contribution in [1.82, 2.24) is 25.5 Å². The lowest BCUT2D eigenvalue weighted by atomic mass is 10.3. The Morgan fingerprint density at radius 3 is 2.92 bits per heavy atom. The molecule has 122 valence electrons. The van der Waals surface area contributed by atoms with Gasteiger partial charge in [0, 0.05) is 18.0 Å². The lowest BCUT2D eigenvalue weighted by Gasteiger charge is -2.10. The smallest absolute Gasteiger partial charge is 0.319 e. The summed E-state index contributed by atoms with van der Waals surface area (Å²) in [6, 6.07) is 10.5. The van der Waals surface area contributed by atoms with Crippen LogP contribution in [-0.2, 0) is 6.54 Å². The SMILES string of the molecule is COc1ccccc1NC(=O)NCc1nc(-c2cccnc2)n[nH]1. The molecule has 0 bridgehead atoms. The number of ether oxygens (including phenoxy) is 1. The van der Waals surface area contributed by atoms with Crippen LogP contribution in [0.25, 0.3) is 11.4 Å². The summed E-state index contributed by atoms with van der Waals surface area (Å²) in [4.78, 5) is 20.3.